The molecule has 3 heteroatoms. The van der Waals surface area contributed by atoms with E-state index in [2.05, 4.69) is 26.0 Å². The molecule has 0 bridgehead atoms. The largest absolute Gasteiger partial charge is 0.494 e. The quantitative estimate of drug-likeness (QED) is 0.0392. The molecule has 0 spiro atoms. The van der Waals surface area contributed by atoms with Crippen LogP contribution in [0.5, 0.6) is 5.75 Å². The highest BCUT2D eigenvalue weighted by molar-refractivity contribution is 7.99. The Kier molecular flexibility index (Phi) is 23.7. The lowest BCUT2D eigenvalue weighted by Gasteiger charge is -2.06. The van der Waals surface area contributed by atoms with Crippen molar-refractivity contribution in [2.75, 3.05) is 12.4 Å². The van der Waals surface area contributed by atoms with Gasteiger partial charge in [-0.1, -0.05) is 160 Å². The van der Waals surface area contributed by atoms with Crippen LogP contribution in [0.15, 0.2) is 59.5 Å². The molecule has 0 N–H and O–H groups in total. The van der Waals surface area contributed by atoms with Crippen LogP contribution in [0, 0.1) is 0 Å². The molecular formula is C41H64O2S. The number of hydrogen-bond acceptors (Lipinski definition) is 3. The first kappa shape index (κ1) is 38.2. The Hall–Kier alpha value is -2.00. The number of unbranched alkanes of at least 4 members (excludes halogenated alkanes) is 20. The number of thioether (sulfide) groups is 1. The molecule has 0 aliphatic heterocycles. The number of ether oxygens (including phenoxy) is 1. The second-order valence-electron chi connectivity index (χ2n) is 12.6. The lowest BCUT2D eigenvalue weighted by atomic mass is 10.0. The van der Waals surface area contributed by atoms with Crippen molar-refractivity contribution >= 4 is 23.6 Å². The fraction of sp³-hybridized carbons (Fsp3) is 0.634. The minimum absolute atomic E-state index is 0.0367. The van der Waals surface area contributed by atoms with E-state index < -0.39 is 0 Å². The summed E-state index contributed by atoms with van der Waals surface area (Å²) in [6.45, 7) is 5.23. The summed E-state index contributed by atoms with van der Waals surface area (Å²) in [6.07, 6.45) is 33.9. The monoisotopic (exact) mass is 620 g/mol. The molecule has 246 valence electrons. The molecule has 2 aromatic carbocycles. The van der Waals surface area contributed by atoms with Crippen molar-refractivity contribution in [2.45, 2.75) is 160 Å². The zero-order valence-corrected chi connectivity index (χ0v) is 29.3. The van der Waals surface area contributed by atoms with Crippen LogP contribution in [-0.2, 0) is 0 Å². The maximum atomic E-state index is 12.7. The van der Waals surface area contributed by atoms with Crippen LogP contribution in [-0.4, -0.2) is 18.1 Å². The summed E-state index contributed by atoms with van der Waals surface area (Å²) in [5, 5.41) is 0. The van der Waals surface area contributed by atoms with Gasteiger partial charge in [-0.15, -0.1) is 11.8 Å². The van der Waals surface area contributed by atoms with Gasteiger partial charge in [-0.05, 0) is 66.6 Å². The third-order valence-corrected chi connectivity index (χ3v) is 9.56. The molecule has 0 aliphatic rings. The van der Waals surface area contributed by atoms with Crippen molar-refractivity contribution in [1.82, 2.24) is 0 Å². The van der Waals surface area contributed by atoms with E-state index >= 15 is 0 Å². The van der Waals surface area contributed by atoms with Crippen molar-refractivity contribution in [2.24, 2.45) is 0 Å². The standard InChI is InChI=1S/C41H64O2S/c1-3-5-7-8-9-10-11-12-13-14-15-16-17-18-19-20-21-22-24-35-44-40-31-29-38(30-32-40)41(42)33-28-37-26-25-27-39(36-37)43-34-23-6-4-2/h25-33,36H,3-24,34-35H2,1-2H3. The smallest absolute Gasteiger partial charge is 0.185 e. The van der Waals surface area contributed by atoms with E-state index in [1.807, 2.05) is 54.2 Å². The molecule has 0 fully saturated rings. The topological polar surface area (TPSA) is 26.3 Å². The average Bonchev–Trinajstić information content (AvgIpc) is 3.05. The van der Waals surface area contributed by atoms with Gasteiger partial charge in [-0.2, -0.15) is 0 Å². The number of rotatable bonds is 29. The van der Waals surface area contributed by atoms with Gasteiger partial charge in [0, 0.05) is 10.5 Å². The fourth-order valence-electron chi connectivity index (χ4n) is 5.60. The number of carbonyl (C=O) groups is 1. The van der Waals surface area contributed by atoms with E-state index in [4.69, 9.17) is 4.74 Å². The second-order valence-corrected chi connectivity index (χ2v) is 13.7. The fourth-order valence-corrected chi connectivity index (χ4v) is 6.52. The molecule has 44 heavy (non-hydrogen) atoms. The third kappa shape index (κ3) is 20.1. The van der Waals surface area contributed by atoms with Gasteiger partial charge in [0.1, 0.15) is 5.75 Å². The summed E-state index contributed by atoms with van der Waals surface area (Å²) in [5.41, 5.74) is 1.72. The Morgan fingerprint density at radius 1 is 0.614 bits per heavy atom. The van der Waals surface area contributed by atoms with Gasteiger partial charge in [-0.3, -0.25) is 4.79 Å². The molecule has 2 aromatic rings. The second kappa shape index (κ2) is 27.3. The van der Waals surface area contributed by atoms with Gasteiger partial charge >= 0.3 is 0 Å². The first-order chi connectivity index (χ1) is 21.7. The Labute approximate surface area is 276 Å². The Balaban J connectivity index is 1.43. The van der Waals surface area contributed by atoms with Gasteiger partial charge in [-0.25, -0.2) is 0 Å². The van der Waals surface area contributed by atoms with Crippen LogP contribution in [0.4, 0.5) is 0 Å². The van der Waals surface area contributed by atoms with Gasteiger partial charge in [0.2, 0.25) is 0 Å². The lowest BCUT2D eigenvalue weighted by molar-refractivity contribution is 0.104. The van der Waals surface area contributed by atoms with E-state index in [0.717, 1.165) is 35.7 Å². The van der Waals surface area contributed by atoms with E-state index in [1.165, 1.54) is 140 Å². The Morgan fingerprint density at radius 2 is 1.11 bits per heavy atom. The van der Waals surface area contributed by atoms with E-state index in [-0.39, 0.29) is 5.78 Å². The first-order valence-corrected chi connectivity index (χ1v) is 19.4. The lowest BCUT2D eigenvalue weighted by Crippen LogP contribution is -1.97. The summed E-state index contributed by atoms with van der Waals surface area (Å²) >= 11 is 1.91. The zero-order chi connectivity index (χ0) is 31.3. The number of carbonyl (C=O) groups excluding carboxylic acids is 1. The number of benzene rings is 2. The van der Waals surface area contributed by atoms with Crippen LogP contribution < -0.4 is 4.74 Å². The maximum Gasteiger partial charge on any atom is 0.185 e. The Bertz CT molecular complexity index is 980. The summed E-state index contributed by atoms with van der Waals surface area (Å²) in [4.78, 5) is 13.9. The van der Waals surface area contributed by atoms with Crippen molar-refractivity contribution < 1.29 is 9.53 Å². The van der Waals surface area contributed by atoms with Crippen molar-refractivity contribution in [3.63, 3.8) is 0 Å². The molecule has 0 saturated heterocycles. The molecular weight excluding hydrogens is 557 g/mol. The number of ketones is 1. The highest BCUT2D eigenvalue weighted by atomic mass is 32.2. The minimum atomic E-state index is 0.0367. The normalized spacial score (nSPS) is 11.4. The molecule has 0 heterocycles. The van der Waals surface area contributed by atoms with Gasteiger partial charge in [0.05, 0.1) is 6.61 Å². The van der Waals surface area contributed by atoms with E-state index in [9.17, 15) is 4.79 Å². The summed E-state index contributed by atoms with van der Waals surface area (Å²) in [7, 11) is 0. The average molecular weight is 621 g/mol. The first-order valence-electron chi connectivity index (χ1n) is 18.4. The molecule has 2 rings (SSSR count). The van der Waals surface area contributed by atoms with Crippen LogP contribution in [0.2, 0.25) is 0 Å². The summed E-state index contributed by atoms with van der Waals surface area (Å²) in [6, 6.07) is 16.0. The zero-order valence-electron chi connectivity index (χ0n) is 28.5. The maximum absolute atomic E-state index is 12.7. The molecule has 0 unspecified atom stereocenters. The van der Waals surface area contributed by atoms with Crippen molar-refractivity contribution in [1.29, 1.82) is 0 Å². The molecule has 0 atom stereocenters. The molecule has 0 saturated carbocycles. The molecule has 0 aromatic heterocycles. The van der Waals surface area contributed by atoms with Crippen molar-refractivity contribution in [3.05, 3.63) is 65.7 Å². The molecule has 0 radical (unpaired) electrons. The third-order valence-electron chi connectivity index (χ3n) is 8.46. The number of hydrogen-bond donors (Lipinski definition) is 0. The summed E-state index contributed by atoms with van der Waals surface area (Å²) in [5.74, 6) is 2.06. The van der Waals surface area contributed by atoms with Crippen molar-refractivity contribution in [3.8, 4) is 5.75 Å². The molecule has 2 nitrogen and oxygen atoms in total. The number of allylic oxidation sites excluding steroid dienone is 1. The van der Waals surface area contributed by atoms with Gasteiger partial charge in [0.15, 0.2) is 5.78 Å². The summed E-state index contributed by atoms with van der Waals surface area (Å²) < 4.78 is 5.84. The van der Waals surface area contributed by atoms with E-state index in [0.29, 0.717) is 0 Å². The van der Waals surface area contributed by atoms with Crippen LogP contribution >= 0.6 is 11.8 Å². The Morgan fingerprint density at radius 3 is 1.66 bits per heavy atom. The predicted molar refractivity (Wildman–Crippen MR) is 195 cm³/mol. The molecule has 0 aliphatic carbocycles. The molecule has 0 amide bonds. The van der Waals surface area contributed by atoms with E-state index in [1.54, 1.807) is 6.08 Å². The van der Waals surface area contributed by atoms with Crippen LogP contribution in [0.3, 0.4) is 0 Å². The van der Waals surface area contributed by atoms with Crippen LogP contribution in [0.1, 0.15) is 171 Å². The van der Waals surface area contributed by atoms with Crippen LogP contribution in [0.25, 0.3) is 6.08 Å². The van der Waals surface area contributed by atoms with Gasteiger partial charge < -0.3 is 4.74 Å². The SMILES string of the molecule is CCCCCCCCCCCCCCCCCCCCCSc1ccc(C(=O)C=Cc2cccc(OCCCCC)c2)cc1. The van der Waals surface area contributed by atoms with Gasteiger partial charge in [0.25, 0.3) is 0 Å². The predicted octanol–water partition coefficient (Wildman–Crippen LogP) is 13.7. The minimum Gasteiger partial charge on any atom is -0.494 e. The highest BCUT2D eigenvalue weighted by Gasteiger charge is 2.03. The highest BCUT2D eigenvalue weighted by Crippen LogP contribution is 2.22.